The average Bonchev–Trinajstić information content (AvgIpc) is 3.03. The van der Waals surface area contributed by atoms with Crippen molar-refractivity contribution < 1.29 is 9.90 Å². The van der Waals surface area contributed by atoms with Crippen molar-refractivity contribution in [2.45, 2.75) is 38.8 Å². The van der Waals surface area contributed by atoms with Crippen LogP contribution in [0.25, 0.3) is 10.8 Å². The van der Waals surface area contributed by atoms with Gasteiger partial charge in [0.15, 0.2) is 0 Å². The van der Waals surface area contributed by atoms with Crippen LogP contribution < -0.4 is 10.9 Å². The number of nitrogens with zero attached hydrogens (tertiary/aromatic N) is 1. The maximum atomic E-state index is 12.9. The smallest absolute Gasteiger partial charge is 0.327 e. The van der Waals surface area contributed by atoms with Crippen LogP contribution in [-0.2, 0) is 11.2 Å². The molecule has 1 aliphatic heterocycles. The van der Waals surface area contributed by atoms with Crippen LogP contribution in [0.15, 0.2) is 53.3 Å². The molecular formula is C23H22N2O3S. The van der Waals surface area contributed by atoms with E-state index < -0.39 is 12.0 Å². The summed E-state index contributed by atoms with van der Waals surface area (Å²) in [5, 5.41) is 15.3. The summed E-state index contributed by atoms with van der Waals surface area (Å²) in [4.78, 5) is 25.1. The van der Waals surface area contributed by atoms with Crippen molar-refractivity contribution in [2.24, 2.45) is 0 Å². The summed E-state index contributed by atoms with van der Waals surface area (Å²) in [6.45, 7) is 4.02. The predicted molar refractivity (Wildman–Crippen MR) is 119 cm³/mol. The highest BCUT2D eigenvalue weighted by Crippen LogP contribution is 2.34. The lowest BCUT2D eigenvalue weighted by atomic mass is 9.97. The lowest BCUT2D eigenvalue weighted by molar-refractivity contribution is -0.140. The minimum absolute atomic E-state index is 0.107. The van der Waals surface area contributed by atoms with Gasteiger partial charge >= 0.3 is 5.97 Å². The quantitative estimate of drug-likeness (QED) is 0.623. The predicted octanol–water partition coefficient (Wildman–Crippen LogP) is 4.16. The van der Waals surface area contributed by atoms with Gasteiger partial charge in [0.1, 0.15) is 6.04 Å². The molecule has 0 aliphatic carbocycles. The number of rotatable bonds is 5. The van der Waals surface area contributed by atoms with Gasteiger partial charge in [-0.1, -0.05) is 54.7 Å². The van der Waals surface area contributed by atoms with Gasteiger partial charge in [-0.15, -0.1) is 0 Å². The molecule has 1 aromatic heterocycles. The van der Waals surface area contributed by atoms with E-state index in [0.29, 0.717) is 17.0 Å². The Morgan fingerprint density at radius 1 is 1.21 bits per heavy atom. The van der Waals surface area contributed by atoms with E-state index in [0.717, 1.165) is 27.6 Å². The van der Waals surface area contributed by atoms with Crippen LogP contribution in [0.4, 0.5) is 5.69 Å². The SMILES string of the molecule is CC(C)Nc1c(Cc2cccc3ccccc23)cc(=O)n2c1C(=S)C[C@@H]2C(=O)O. The molecule has 6 heteroatoms. The van der Waals surface area contributed by atoms with E-state index in [4.69, 9.17) is 12.2 Å². The molecule has 3 aromatic rings. The number of carbonyl (C=O) groups is 1. The van der Waals surface area contributed by atoms with Crippen LogP contribution in [0.1, 0.15) is 43.1 Å². The Labute approximate surface area is 174 Å². The molecule has 0 fully saturated rings. The van der Waals surface area contributed by atoms with Crippen LogP contribution in [0.3, 0.4) is 0 Å². The Kier molecular flexibility index (Phi) is 4.96. The molecule has 0 unspecified atom stereocenters. The standard InChI is InChI=1S/C23H22N2O3S/c1-13(2)24-21-16(10-15-8-5-7-14-6-3-4-9-17(14)15)11-20(26)25-18(23(27)28)12-19(29)22(21)25/h3-9,11,13,18,24H,10,12H2,1-2H3,(H,27,28)/t18-/m1/s1. The summed E-state index contributed by atoms with van der Waals surface area (Å²) in [5.41, 5.74) is 2.93. The first kappa shape index (κ1) is 19.3. The van der Waals surface area contributed by atoms with Crippen molar-refractivity contribution in [3.05, 3.63) is 75.7 Å². The maximum Gasteiger partial charge on any atom is 0.327 e. The molecule has 0 radical (unpaired) electrons. The van der Waals surface area contributed by atoms with Crippen LogP contribution in [0, 0.1) is 0 Å². The van der Waals surface area contributed by atoms with Crippen LogP contribution in [0.2, 0.25) is 0 Å². The van der Waals surface area contributed by atoms with Crippen molar-refractivity contribution in [3.8, 4) is 0 Å². The van der Waals surface area contributed by atoms with E-state index in [9.17, 15) is 14.7 Å². The molecule has 1 aliphatic rings. The molecule has 2 aromatic carbocycles. The topological polar surface area (TPSA) is 71.3 Å². The summed E-state index contributed by atoms with van der Waals surface area (Å²) in [6, 6.07) is 15.0. The Balaban J connectivity index is 1.91. The fourth-order valence-electron chi connectivity index (χ4n) is 4.06. The third-order valence-corrected chi connectivity index (χ3v) is 5.63. The van der Waals surface area contributed by atoms with Gasteiger partial charge in [-0.3, -0.25) is 9.36 Å². The fraction of sp³-hybridized carbons (Fsp3) is 0.261. The number of pyridine rings is 1. The normalized spacial score (nSPS) is 15.7. The second-order valence-corrected chi connectivity index (χ2v) is 8.19. The highest BCUT2D eigenvalue weighted by molar-refractivity contribution is 7.80. The monoisotopic (exact) mass is 406 g/mol. The molecule has 4 rings (SSSR count). The highest BCUT2D eigenvalue weighted by Gasteiger charge is 2.35. The van der Waals surface area contributed by atoms with Gasteiger partial charge in [-0.05, 0) is 35.7 Å². The molecule has 0 amide bonds. The van der Waals surface area contributed by atoms with Crippen molar-refractivity contribution >= 4 is 39.5 Å². The van der Waals surface area contributed by atoms with Crippen molar-refractivity contribution in [1.82, 2.24) is 4.57 Å². The molecule has 2 N–H and O–H groups in total. The van der Waals surface area contributed by atoms with Gasteiger partial charge in [0.05, 0.1) is 11.4 Å². The van der Waals surface area contributed by atoms with E-state index in [-0.39, 0.29) is 18.0 Å². The highest BCUT2D eigenvalue weighted by atomic mass is 32.1. The summed E-state index contributed by atoms with van der Waals surface area (Å²) >= 11 is 5.51. The summed E-state index contributed by atoms with van der Waals surface area (Å²) < 4.78 is 1.34. The Hall–Kier alpha value is -2.99. The number of fused-ring (bicyclic) bond motifs is 2. The molecule has 2 heterocycles. The number of hydrogen-bond donors (Lipinski definition) is 2. The molecule has 148 valence electrons. The molecular weight excluding hydrogens is 384 g/mol. The van der Waals surface area contributed by atoms with Gasteiger partial charge in [-0.2, -0.15) is 0 Å². The largest absolute Gasteiger partial charge is 0.480 e. The third kappa shape index (κ3) is 3.44. The van der Waals surface area contributed by atoms with Gasteiger partial charge in [-0.25, -0.2) is 4.79 Å². The fourth-order valence-corrected chi connectivity index (χ4v) is 4.42. The molecule has 0 bridgehead atoms. The number of aliphatic carboxylic acids is 1. The molecule has 29 heavy (non-hydrogen) atoms. The average molecular weight is 407 g/mol. The minimum Gasteiger partial charge on any atom is -0.480 e. The van der Waals surface area contributed by atoms with Crippen LogP contribution >= 0.6 is 12.2 Å². The van der Waals surface area contributed by atoms with E-state index in [1.165, 1.54) is 4.57 Å². The minimum atomic E-state index is -1.04. The number of thiocarbonyl (C=S) groups is 1. The van der Waals surface area contributed by atoms with Crippen LogP contribution in [0.5, 0.6) is 0 Å². The van der Waals surface area contributed by atoms with E-state index in [1.54, 1.807) is 6.07 Å². The summed E-state index contributed by atoms with van der Waals surface area (Å²) in [5.74, 6) is -1.04. The Bertz CT molecular complexity index is 1190. The number of benzene rings is 2. The summed E-state index contributed by atoms with van der Waals surface area (Å²) in [6.07, 6.45) is 0.726. The van der Waals surface area contributed by atoms with Crippen molar-refractivity contribution in [2.75, 3.05) is 5.32 Å². The molecule has 1 atom stereocenters. The lowest BCUT2D eigenvalue weighted by Crippen LogP contribution is -2.29. The number of aromatic nitrogens is 1. The Morgan fingerprint density at radius 2 is 1.93 bits per heavy atom. The number of anilines is 1. The second-order valence-electron chi connectivity index (χ2n) is 7.70. The summed E-state index contributed by atoms with van der Waals surface area (Å²) in [7, 11) is 0. The maximum absolute atomic E-state index is 12.9. The number of hydrogen-bond acceptors (Lipinski definition) is 4. The molecule has 0 saturated carbocycles. The zero-order valence-electron chi connectivity index (χ0n) is 16.3. The third-order valence-electron chi connectivity index (χ3n) is 5.27. The van der Waals surface area contributed by atoms with Gasteiger partial charge < -0.3 is 10.4 Å². The lowest BCUT2D eigenvalue weighted by Gasteiger charge is -2.20. The van der Waals surface area contributed by atoms with E-state index in [1.807, 2.05) is 32.0 Å². The van der Waals surface area contributed by atoms with Gasteiger partial charge in [0, 0.05) is 29.8 Å². The molecule has 0 saturated heterocycles. The zero-order chi connectivity index (χ0) is 20.7. The first-order chi connectivity index (χ1) is 13.9. The first-order valence-corrected chi connectivity index (χ1v) is 10.0. The first-order valence-electron chi connectivity index (χ1n) is 9.64. The zero-order valence-corrected chi connectivity index (χ0v) is 17.1. The number of nitrogens with one attached hydrogen (secondary N) is 1. The number of carboxylic acid groups (broad SMARTS) is 1. The Morgan fingerprint density at radius 3 is 2.66 bits per heavy atom. The molecule has 5 nitrogen and oxygen atoms in total. The molecule has 0 spiro atoms. The van der Waals surface area contributed by atoms with Gasteiger partial charge in [0.25, 0.3) is 5.56 Å². The van der Waals surface area contributed by atoms with E-state index >= 15 is 0 Å². The van der Waals surface area contributed by atoms with Gasteiger partial charge in [0.2, 0.25) is 0 Å². The van der Waals surface area contributed by atoms with Crippen LogP contribution in [-0.4, -0.2) is 26.5 Å². The van der Waals surface area contributed by atoms with E-state index in [2.05, 4.69) is 29.6 Å². The second kappa shape index (κ2) is 7.44. The van der Waals surface area contributed by atoms with Crippen molar-refractivity contribution in [1.29, 1.82) is 0 Å². The number of carboxylic acids is 1. The van der Waals surface area contributed by atoms with Crippen molar-refractivity contribution in [3.63, 3.8) is 0 Å².